The average Bonchev–Trinajstić information content (AvgIpc) is 3.14. The maximum Gasteiger partial charge on any atom is 0.271 e. The Labute approximate surface area is 207 Å². The van der Waals surface area contributed by atoms with Crippen LogP contribution in [0.4, 0.5) is 0 Å². The number of hydrogen-bond acceptors (Lipinski definition) is 5. The van der Waals surface area contributed by atoms with Crippen molar-refractivity contribution in [2.45, 2.75) is 26.8 Å². The predicted molar refractivity (Wildman–Crippen MR) is 136 cm³/mol. The Morgan fingerprint density at radius 3 is 2.53 bits per heavy atom. The summed E-state index contributed by atoms with van der Waals surface area (Å²) in [7, 11) is 1.59. The van der Waals surface area contributed by atoms with E-state index < -0.39 is 6.04 Å². The van der Waals surface area contributed by atoms with Gasteiger partial charge in [-0.25, -0.2) is 4.99 Å². The van der Waals surface area contributed by atoms with E-state index in [4.69, 9.17) is 21.3 Å². The molecule has 0 spiro atoms. The van der Waals surface area contributed by atoms with Gasteiger partial charge in [-0.15, -0.1) is 0 Å². The number of nitrogens with zero attached hydrogens (tertiary/aromatic N) is 3. The number of para-hydroxylation sites is 1. The number of amides is 1. The first-order valence-electron chi connectivity index (χ1n) is 11.1. The molecular weight excluding hydrogens is 470 g/mol. The summed E-state index contributed by atoms with van der Waals surface area (Å²) in [4.78, 5) is 34.4. The molecule has 3 aromatic rings. The predicted octanol–water partition coefficient (Wildman–Crippen LogP) is 3.77. The second-order valence-electron chi connectivity index (χ2n) is 7.82. The molecule has 0 fully saturated rings. The summed E-state index contributed by atoms with van der Waals surface area (Å²) in [6.07, 6.45) is 1.77. The lowest BCUT2D eigenvalue weighted by molar-refractivity contribution is -0.127. The number of methoxy groups -OCH3 is 1. The van der Waals surface area contributed by atoms with Crippen LogP contribution in [0.5, 0.6) is 5.75 Å². The molecule has 176 valence electrons. The van der Waals surface area contributed by atoms with Crippen LogP contribution in [0.3, 0.4) is 0 Å². The van der Waals surface area contributed by atoms with Crippen LogP contribution in [-0.4, -0.2) is 35.6 Å². The third-order valence-corrected chi connectivity index (χ3v) is 7.26. The van der Waals surface area contributed by atoms with Crippen molar-refractivity contribution in [2.24, 2.45) is 4.99 Å². The number of carbonyl (C=O) groups is 1. The summed E-state index contributed by atoms with van der Waals surface area (Å²) >= 11 is 7.62. The Kier molecular flexibility index (Phi) is 7.05. The summed E-state index contributed by atoms with van der Waals surface area (Å²) in [5, 5.41) is 0.559. The topological polar surface area (TPSA) is 63.9 Å². The van der Waals surface area contributed by atoms with Crippen LogP contribution in [-0.2, 0) is 4.79 Å². The summed E-state index contributed by atoms with van der Waals surface area (Å²) < 4.78 is 7.74. The number of aromatic nitrogens is 1. The fraction of sp³-hybridized carbons (Fsp3) is 0.269. The number of halogens is 1. The van der Waals surface area contributed by atoms with Crippen molar-refractivity contribution >= 4 is 34.9 Å². The van der Waals surface area contributed by atoms with Gasteiger partial charge in [0.05, 0.1) is 22.9 Å². The fourth-order valence-electron chi connectivity index (χ4n) is 4.20. The van der Waals surface area contributed by atoms with E-state index in [2.05, 4.69) is 0 Å². The maximum absolute atomic E-state index is 13.7. The molecular formula is C26H26ClN3O3S. The Balaban J connectivity index is 2.02. The zero-order valence-electron chi connectivity index (χ0n) is 19.5. The van der Waals surface area contributed by atoms with Gasteiger partial charge in [-0.3, -0.25) is 14.2 Å². The minimum Gasteiger partial charge on any atom is -0.496 e. The summed E-state index contributed by atoms with van der Waals surface area (Å²) in [6, 6.07) is 14.2. The Morgan fingerprint density at radius 1 is 1.18 bits per heavy atom. The largest absolute Gasteiger partial charge is 0.496 e. The van der Waals surface area contributed by atoms with Gasteiger partial charge in [0.25, 0.3) is 11.5 Å². The highest BCUT2D eigenvalue weighted by Gasteiger charge is 2.35. The zero-order chi connectivity index (χ0) is 24.4. The molecule has 1 aliphatic heterocycles. The third kappa shape index (κ3) is 4.21. The molecule has 1 aromatic heterocycles. The van der Waals surface area contributed by atoms with Crippen molar-refractivity contribution in [3.05, 3.63) is 95.6 Å². The van der Waals surface area contributed by atoms with E-state index in [0.717, 1.165) is 11.1 Å². The average molecular weight is 496 g/mol. The molecule has 1 aliphatic rings. The Hall–Kier alpha value is -3.16. The molecule has 1 amide bonds. The van der Waals surface area contributed by atoms with Crippen LogP contribution in [0.1, 0.15) is 37.9 Å². The van der Waals surface area contributed by atoms with Crippen molar-refractivity contribution < 1.29 is 9.53 Å². The molecule has 0 saturated carbocycles. The number of rotatable bonds is 6. The van der Waals surface area contributed by atoms with E-state index in [9.17, 15) is 9.59 Å². The molecule has 1 atom stereocenters. The molecule has 0 aliphatic carbocycles. The molecule has 0 unspecified atom stereocenters. The highest BCUT2D eigenvalue weighted by Crippen LogP contribution is 2.36. The molecule has 2 heterocycles. The first kappa shape index (κ1) is 24.0. The lowest BCUT2D eigenvalue weighted by Gasteiger charge is -2.29. The summed E-state index contributed by atoms with van der Waals surface area (Å²) in [5.41, 5.74) is 2.33. The van der Waals surface area contributed by atoms with Gasteiger partial charge in [0.15, 0.2) is 4.80 Å². The molecule has 0 bridgehead atoms. The summed E-state index contributed by atoms with van der Waals surface area (Å²) in [5.74, 6) is 0.468. The van der Waals surface area contributed by atoms with Gasteiger partial charge in [-0.2, -0.15) is 0 Å². The minimum atomic E-state index is -0.658. The van der Waals surface area contributed by atoms with Gasteiger partial charge < -0.3 is 9.64 Å². The van der Waals surface area contributed by atoms with E-state index in [1.54, 1.807) is 28.7 Å². The normalized spacial score (nSPS) is 15.7. The second kappa shape index (κ2) is 9.99. The van der Waals surface area contributed by atoms with Crippen molar-refractivity contribution in [1.82, 2.24) is 9.47 Å². The van der Waals surface area contributed by atoms with E-state index in [1.165, 1.54) is 11.3 Å². The number of thiazole rings is 1. The van der Waals surface area contributed by atoms with E-state index in [-0.39, 0.29) is 11.5 Å². The number of likely N-dealkylation sites (N-methyl/N-ethyl adjacent to an activating group) is 1. The van der Waals surface area contributed by atoms with E-state index in [1.807, 2.05) is 63.2 Å². The highest BCUT2D eigenvalue weighted by molar-refractivity contribution is 7.07. The van der Waals surface area contributed by atoms with Crippen molar-refractivity contribution in [1.29, 1.82) is 0 Å². The number of ether oxygens (including phenoxy) is 1. The van der Waals surface area contributed by atoms with Crippen LogP contribution < -0.4 is 19.6 Å². The van der Waals surface area contributed by atoms with Gasteiger partial charge >= 0.3 is 0 Å². The van der Waals surface area contributed by atoms with Crippen LogP contribution in [0.25, 0.3) is 6.08 Å². The second-order valence-corrected chi connectivity index (χ2v) is 9.24. The molecule has 0 saturated heterocycles. The number of allylic oxidation sites excluding steroid dienone is 1. The van der Waals surface area contributed by atoms with Crippen LogP contribution in [0, 0.1) is 0 Å². The maximum atomic E-state index is 13.7. The van der Waals surface area contributed by atoms with Crippen LogP contribution in [0.2, 0.25) is 5.02 Å². The minimum absolute atomic E-state index is 0.137. The number of hydrogen-bond donors (Lipinski definition) is 0. The molecule has 2 aromatic carbocycles. The van der Waals surface area contributed by atoms with Crippen molar-refractivity contribution in [3.8, 4) is 5.75 Å². The molecule has 6 nitrogen and oxygen atoms in total. The Bertz CT molecular complexity index is 1450. The van der Waals surface area contributed by atoms with E-state index >= 15 is 0 Å². The SMILES string of the molecule is CCN(CC)C(=O)C1=C(C)N=c2s/c(=C/c3ccccc3Cl)c(=O)n2[C@@H]1c1ccccc1OC. The van der Waals surface area contributed by atoms with Crippen molar-refractivity contribution in [3.63, 3.8) is 0 Å². The lowest BCUT2D eigenvalue weighted by atomic mass is 9.94. The lowest BCUT2D eigenvalue weighted by Crippen LogP contribution is -2.43. The smallest absolute Gasteiger partial charge is 0.271 e. The number of fused-ring (bicyclic) bond motifs is 1. The molecule has 4 rings (SSSR count). The van der Waals surface area contributed by atoms with Gasteiger partial charge in [0, 0.05) is 23.7 Å². The quantitative estimate of drug-likeness (QED) is 0.523. The molecule has 0 N–H and O–H groups in total. The number of carbonyl (C=O) groups excluding carboxylic acids is 1. The van der Waals surface area contributed by atoms with Gasteiger partial charge in [0.2, 0.25) is 0 Å². The monoisotopic (exact) mass is 495 g/mol. The standard InChI is InChI=1S/C26H26ClN3O3S/c1-5-29(6-2)25(32)22-16(3)28-26-30(23(22)18-12-8-10-14-20(18)33-4)24(31)21(34-26)15-17-11-7-9-13-19(17)27/h7-15,23H,5-6H2,1-4H3/b21-15+/t23-/m1/s1. The van der Waals surface area contributed by atoms with Gasteiger partial charge in [0.1, 0.15) is 11.8 Å². The van der Waals surface area contributed by atoms with Crippen molar-refractivity contribution in [2.75, 3.05) is 20.2 Å². The molecule has 8 heteroatoms. The van der Waals surface area contributed by atoms with Gasteiger partial charge in [-0.1, -0.05) is 59.3 Å². The molecule has 0 radical (unpaired) electrons. The Morgan fingerprint density at radius 2 is 1.85 bits per heavy atom. The number of benzene rings is 2. The van der Waals surface area contributed by atoms with Gasteiger partial charge in [-0.05, 0) is 44.5 Å². The highest BCUT2D eigenvalue weighted by atomic mass is 35.5. The van der Waals surface area contributed by atoms with Crippen LogP contribution in [0.15, 0.2) is 69.6 Å². The first-order chi connectivity index (χ1) is 16.4. The fourth-order valence-corrected chi connectivity index (χ4v) is 5.42. The van der Waals surface area contributed by atoms with E-state index in [0.29, 0.717) is 44.5 Å². The zero-order valence-corrected chi connectivity index (χ0v) is 21.1. The first-order valence-corrected chi connectivity index (χ1v) is 12.3. The molecule has 34 heavy (non-hydrogen) atoms. The van der Waals surface area contributed by atoms with Crippen LogP contribution >= 0.6 is 22.9 Å². The third-order valence-electron chi connectivity index (χ3n) is 5.93. The summed E-state index contributed by atoms with van der Waals surface area (Å²) in [6.45, 7) is 6.82.